The maximum atomic E-state index is 13.0. The van der Waals surface area contributed by atoms with Gasteiger partial charge in [0, 0.05) is 12.1 Å². The SMILES string of the molecule is CC(C)=CC[C@@H]1C(=O)c2c(O)cc(O)cc2O[C@H]1c1ccc(O)c(O)c1. The number of carbonyl (C=O) groups is 1. The number of rotatable bonds is 3. The van der Waals surface area contributed by atoms with Gasteiger partial charge in [-0.2, -0.15) is 0 Å². The molecule has 26 heavy (non-hydrogen) atoms. The zero-order valence-corrected chi connectivity index (χ0v) is 14.4. The summed E-state index contributed by atoms with van der Waals surface area (Å²) < 4.78 is 5.93. The van der Waals surface area contributed by atoms with Crippen LogP contribution in [0.1, 0.15) is 42.3 Å². The molecule has 0 aromatic heterocycles. The lowest BCUT2D eigenvalue weighted by molar-refractivity contribution is 0.0653. The number of ketones is 1. The van der Waals surface area contributed by atoms with E-state index in [1.54, 1.807) is 6.07 Å². The number of Topliss-reactive ketones (excluding diaryl/α,β-unsaturated/α-hetero) is 1. The van der Waals surface area contributed by atoms with E-state index >= 15 is 0 Å². The highest BCUT2D eigenvalue weighted by Gasteiger charge is 2.39. The fourth-order valence-corrected chi connectivity index (χ4v) is 3.08. The first kappa shape index (κ1) is 17.7. The summed E-state index contributed by atoms with van der Waals surface area (Å²) in [4.78, 5) is 13.0. The summed E-state index contributed by atoms with van der Waals surface area (Å²) in [5.74, 6) is -1.99. The number of carbonyl (C=O) groups excluding carboxylic acids is 1. The Kier molecular flexibility index (Phi) is 4.50. The summed E-state index contributed by atoms with van der Waals surface area (Å²) in [7, 11) is 0. The van der Waals surface area contributed by atoms with Crippen molar-refractivity contribution in [3.63, 3.8) is 0 Å². The molecule has 2 atom stereocenters. The molecule has 0 unspecified atom stereocenters. The number of fused-ring (bicyclic) bond motifs is 1. The second-order valence-corrected chi connectivity index (χ2v) is 6.61. The standard InChI is InChI=1S/C20H20O6/c1-10(2)3-5-13-19(25)18-16(24)8-12(21)9-17(18)26-20(13)11-4-6-14(22)15(23)7-11/h3-4,6-9,13,20-24H,5H2,1-2H3/t13-,20+/m1/s1. The van der Waals surface area contributed by atoms with E-state index in [0.29, 0.717) is 12.0 Å². The maximum Gasteiger partial charge on any atom is 0.177 e. The highest BCUT2D eigenvalue weighted by molar-refractivity contribution is 6.04. The molecule has 0 aliphatic carbocycles. The molecule has 2 aromatic carbocycles. The van der Waals surface area contributed by atoms with Crippen LogP contribution in [0.3, 0.4) is 0 Å². The topological polar surface area (TPSA) is 107 Å². The fourth-order valence-electron chi connectivity index (χ4n) is 3.08. The van der Waals surface area contributed by atoms with Crippen LogP contribution in [-0.4, -0.2) is 26.2 Å². The Labute approximate surface area is 150 Å². The number of benzene rings is 2. The Hall–Kier alpha value is -3.15. The van der Waals surface area contributed by atoms with E-state index in [0.717, 1.165) is 11.6 Å². The molecule has 6 heteroatoms. The average Bonchev–Trinajstić information content (AvgIpc) is 2.55. The molecule has 1 heterocycles. The van der Waals surface area contributed by atoms with Gasteiger partial charge < -0.3 is 25.2 Å². The van der Waals surface area contributed by atoms with Crippen molar-refractivity contribution in [2.24, 2.45) is 5.92 Å². The van der Waals surface area contributed by atoms with Gasteiger partial charge in [-0.05, 0) is 38.0 Å². The number of phenolic OH excluding ortho intramolecular Hbond substituents is 4. The first-order valence-electron chi connectivity index (χ1n) is 8.20. The predicted octanol–water partition coefficient (Wildman–Crippen LogP) is 3.80. The van der Waals surface area contributed by atoms with Gasteiger partial charge in [-0.1, -0.05) is 17.7 Å². The van der Waals surface area contributed by atoms with Gasteiger partial charge in [0.15, 0.2) is 17.3 Å². The van der Waals surface area contributed by atoms with Crippen LogP contribution < -0.4 is 4.74 Å². The lowest BCUT2D eigenvalue weighted by atomic mass is 9.82. The van der Waals surface area contributed by atoms with E-state index in [1.165, 1.54) is 18.2 Å². The Balaban J connectivity index is 2.11. The Morgan fingerprint density at radius 1 is 1.04 bits per heavy atom. The molecule has 6 nitrogen and oxygen atoms in total. The summed E-state index contributed by atoms with van der Waals surface area (Å²) in [5.41, 5.74) is 1.58. The molecule has 4 N–H and O–H groups in total. The quantitative estimate of drug-likeness (QED) is 0.492. The number of hydrogen-bond donors (Lipinski definition) is 4. The number of allylic oxidation sites excluding steroid dienone is 2. The maximum absolute atomic E-state index is 13.0. The first-order chi connectivity index (χ1) is 12.3. The van der Waals surface area contributed by atoms with Crippen molar-refractivity contribution in [1.82, 2.24) is 0 Å². The highest BCUT2D eigenvalue weighted by Crippen LogP contribution is 2.46. The summed E-state index contributed by atoms with van der Waals surface area (Å²) in [5, 5.41) is 39.1. The van der Waals surface area contributed by atoms with Crippen LogP contribution in [0.25, 0.3) is 0 Å². The molecule has 0 radical (unpaired) electrons. The zero-order valence-electron chi connectivity index (χ0n) is 14.4. The molecule has 3 rings (SSSR count). The van der Waals surface area contributed by atoms with Crippen LogP contribution in [0, 0.1) is 5.92 Å². The van der Waals surface area contributed by atoms with E-state index in [-0.39, 0.29) is 40.1 Å². The van der Waals surface area contributed by atoms with Crippen LogP contribution >= 0.6 is 0 Å². The third-order valence-electron chi connectivity index (χ3n) is 4.38. The predicted molar refractivity (Wildman–Crippen MR) is 94.8 cm³/mol. The second kappa shape index (κ2) is 6.63. The molecule has 0 saturated heterocycles. The van der Waals surface area contributed by atoms with Crippen LogP contribution in [-0.2, 0) is 0 Å². The van der Waals surface area contributed by atoms with Crippen molar-refractivity contribution >= 4 is 5.78 Å². The van der Waals surface area contributed by atoms with E-state index < -0.39 is 12.0 Å². The Bertz CT molecular complexity index is 895. The smallest absolute Gasteiger partial charge is 0.177 e. The van der Waals surface area contributed by atoms with Crippen molar-refractivity contribution < 1.29 is 30.0 Å². The number of phenols is 4. The van der Waals surface area contributed by atoms with Gasteiger partial charge in [0.25, 0.3) is 0 Å². The number of aromatic hydroxyl groups is 4. The minimum atomic E-state index is -0.738. The largest absolute Gasteiger partial charge is 0.508 e. The van der Waals surface area contributed by atoms with Crippen molar-refractivity contribution in [3.05, 3.63) is 53.1 Å². The fraction of sp³-hybridized carbons (Fsp3) is 0.250. The summed E-state index contributed by atoms with van der Waals surface area (Å²) in [6.45, 7) is 3.83. The normalized spacial score (nSPS) is 18.8. The van der Waals surface area contributed by atoms with Gasteiger partial charge >= 0.3 is 0 Å². The Morgan fingerprint density at radius 3 is 2.42 bits per heavy atom. The molecule has 0 spiro atoms. The van der Waals surface area contributed by atoms with Gasteiger partial charge in [-0.15, -0.1) is 0 Å². The molecule has 1 aliphatic heterocycles. The monoisotopic (exact) mass is 356 g/mol. The number of hydrogen-bond acceptors (Lipinski definition) is 6. The molecule has 0 bridgehead atoms. The second-order valence-electron chi connectivity index (χ2n) is 6.61. The summed E-state index contributed by atoms with van der Waals surface area (Å²) in [6, 6.07) is 6.61. The van der Waals surface area contributed by atoms with E-state index in [1.807, 2.05) is 19.9 Å². The van der Waals surface area contributed by atoms with Crippen molar-refractivity contribution in [1.29, 1.82) is 0 Å². The molecular weight excluding hydrogens is 336 g/mol. The summed E-state index contributed by atoms with van der Waals surface area (Å²) >= 11 is 0. The summed E-state index contributed by atoms with van der Waals surface area (Å²) in [6.07, 6.45) is 1.55. The van der Waals surface area contributed by atoms with Gasteiger partial charge in [0.05, 0.1) is 5.92 Å². The third-order valence-corrected chi connectivity index (χ3v) is 4.38. The van der Waals surface area contributed by atoms with Crippen molar-refractivity contribution in [2.45, 2.75) is 26.4 Å². The molecule has 0 saturated carbocycles. The van der Waals surface area contributed by atoms with Crippen LogP contribution in [0.5, 0.6) is 28.7 Å². The van der Waals surface area contributed by atoms with E-state index in [9.17, 15) is 25.2 Å². The van der Waals surface area contributed by atoms with Crippen LogP contribution in [0.15, 0.2) is 42.0 Å². The minimum absolute atomic E-state index is 0.0363. The molecule has 136 valence electrons. The Morgan fingerprint density at radius 2 is 1.77 bits per heavy atom. The van der Waals surface area contributed by atoms with Crippen LogP contribution in [0.4, 0.5) is 0 Å². The van der Waals surface area contributed by atoms with Gasteiger partial charge in [-0.25, -0.2) is 0 Å². The molecule has 0 amide bonds. The average molecular weight is 356 g/mol. The van der Waals surface area contributed by atoms with Crippen LogP contribution in [0.2, 0.25) is 0 Å². The van der Waals surface area contributed by atoms with E-state index in [4.69, 9.17) is 4.74 Å². The van der Waals surface area contributed by atoms with Crippen molar-refractivity contribution in [3.8, 4) is 28.7 Å². The first-order valence-corrected chi connectivity index (χ1v) is 8.20. The lowest BCUT2D eigenvalue weighted by Crippen LogP contribution is -2.31. The third kappa shape index (κ3) is 3.18. The molecular formula is C20H20O6. The highest BCUT2D eigenvalue weighted by atomic mass is 16.5. The van der Waals surface area contributed by atoms with E-state index in [2.05, 4.69) is 0 Å². The molecule has 1 aliphatic rings. The molecule has 0 fully saturated rings. The van der Waals surface area contributed by atoms with Gasteiger partial charge in [0.2, 0.25) is 0 Å². The minimum Gasteiger partial charge on any atom is -0.508 e. The number of ether oxygens (including phenoxy) is 1. The molecule has 2 aromatic rings. The van der Waals surface area contributed by atoms with Crippen molar-refractivity contribution in [2.75, 3.05) is 0 Å². The van der Waals surface area contributed by atoms with Gasteiger partial charge in [0.1, 0.15) is 28.9 Å². The zero-order chi connectivity index (χ0) is 19.0. The lowest BCUT2D eigenvalue weighted by Gasteiger charge is -2.33. The van der Waals surface area contributed by atoms with Gasteiger partial charge in [-0.3, -0.25) is 4.79 Å².